The molecule has 20 heavy (non-hydrogen) atoms. The zero-order valence-corrected chi connectivity index (χ0v) is 11.3. The lowest BCUT2D eigenvalue weighted by Crippen LogP contribution is -2.43. The van der Waals surface area contributed by atoms with Crippen molar-refractivity contribution in [3.05, 3.63) is 47.3 Å². The van der Waals surface area contributed by atoms with E-state index in [-0.39, 0.29) is 5.91 Å². The molecule has 104 valence electrons. The molecule has 2 aromatic rings. The molecular weight excluding hydrogens is 254 g/mol. The molecule has 0 saturated carbocycles. The highest BCUT2D eigenvalue weighted by Crippen LogP contribution is 2.10. The highest BCUT2D eigenvalue weighted by molar-refractivity contribution is 5.91. The van der Waals surface area contributed by atoms with Crippen LogP contribution in [0.25, 0.3) is 0 Å². The Kier molecular flexibility index (Phi) is 3.47. The standard InChI is InChI=1S/C14H17N5O/c1-10-2-4-11(5-3-10)6-16-14(20)13-9-19(18-17-13)12-7-15-8-12/h2-5,9,12,15H,6-8H2,1H3,(H,16,20). The summed E-state index contributed by atoms with van der Waals surface area (Å²) < 4.78 is 1.75. The smallest absolute Gasteiger partial charge is 0.273 e. The summed E-state index contributed by atoms with van der Waals surface area (Å²) in [5, 5.41) is 13.9. The third kappa shape index (κ3) is 2.70. The fourth-order valence-electron chi connectivity index (χ4n) is 2.00. The topological polar surface area (TPSA) is 71.8 Å². The minimum atomic E-state index is -0.191. The van der Waals surface area contributed by atoms with Gasteiger partial charge in [-0.15, -0.1) is 5.10 Å². The normalized spacial score (nSPS) is 14.8. The lowest BCUT2D eigenvalue weighted by Gasteiger charge is -2.26. The number of hydrogen-bond acceptors (Lipinski definition) is 4. The molecule has 1 aliphatic rings. The molecule has 1 saturated heterocycles. The zero-order chi connectivity index (χ0) is 13.9. The number of aromatic nitrogens is 3. The lowest BCUT2D eigenvalue weighted by atomic mass is 10.1. The van der Waals surface area contributed by atoms with E-state index in [4.69, 9.17) is 0 Å². The van der Waals surface area contributed by atoms with Crippen molar-refractivity contribution in [2.24, 2.45) is 0 Å². The van der Waals surface area contributed by atoms with Gasteiger partial charge in [0, 0.05) is 19.6 Å². The van der Waals surface area contributed by atoms with Crippen molar-refractivity contribution >= 4 is 5.91 Å². The van der Waals surface area contributed by atoms with E-state index in [1.807, 2.05) is 31.2 Å². The second-order valence-corrected chi connectivity index (χ2v) is 5.06. The Hall–Kier alpha value is -2.21. The Morgan fingerprint density at radius 1 is 1.40 bits per heavy atom. The largest absolute Gasteiger partial charge is 0.347 e. The maximum Gasteiger partial charge on any atom is 0.273 e. The molecule has 6 heteroatoms. The van der Waals surface area contributed by atoms with Gasteiger partial charge in [-0.25, -0.2) is 4.68 Å². The van der Waals surface area contributed by atoms with Gasteiger partial charge in [0.15, 0.2) is 5.69 Å². The van der Waals surface area contributed by atoms with Crippen LogP contribution in [0, 0.1) is 6.92 Å². The van der Waals surface area contributed by atoms with Crippen molar-refractivity contribution in [3.8, 4) is 0 Å². The molecule has 1 aliphatic heterocycles. The SMILES string of the molecule is Cc1ccc(CNC(=O)c2cn(C3CNC3)nn2)cc1. The van der Waals surface area contributed by atoms with Gasteiger partial charge in [0.2, 0.25) is 0 Å². The molecule has 1 aromatic carbocycles. The highest BCUT2D eigenvalue weighted by Gasteiger charge is 2.21. The van der Waals surface area contributed by atoms with Crippen molar-refractivity contribution in [2.75, 3.05) is 13.1 Å². The van der Waals surface area contributed by atoms with Gasteiger partial charge in [-0.2, -0.15) is 0 Å². The average molecular weight is 271 g/mol. The molecule has 2 N–H and O–H groups in total. The number of hydrogen-bond donors (Lipinski definition) is 2. The molecule has 0 spiro atoms. The molecule has 0 unspecified atom stereocenters. The number of aryl methyl sites for hydroxylation is 1. The van der Waals surface area contributed by atoms with Gasteiger partial charge >= 0.3 is 0 Å². The van der Waals surface area contributed by atoms with Gasteiger partial charge in [-0.3, -0.25) is 4.79 Å². The third-order valence-corrected chi connectivity index (χ3v) is 3.45. The van der Waals surface area contributed by atoms with Crippen LogP contribution in [0.2, 0.25) is 0 Å². The summed E-state index contributed by atoms with van der Waals surface area (Å²) in [6, 6.07) is 8.39. The first-order valence-corrected chi connectivity index (χ1v) is 6.68. The Morgan fingerprint density at radius 2 is 2.15 bits per heavy atom. The first kappa shape index (κ1) is 12.8. The molecule has 2 heterocycles. The Morgan fingerprint density at radius 3 is 2.80 bits per heavy atom. The Labute approximate surface area is 117 Å². The monoisotopic (exact) mass is 271 g/mol. The maximum atomic E-state index is 12.0. The van der Waals surface area contributed by atoms with E-state index in [9.17, 15) is 4.79 Å². The summed E-state index contributed by atoms with van der Waals surface area (Å²) in [7, 11) is 0. The van der Waals surface area contributed by atoms with Crippen molar-refractivity contribution in [1.29, 1.82) is 0 Å². The van der Waals surface area contributed by atoms with Crippen LogP contribution in [0.1, 0.15) is 27.7 Å². The molecule has 0 aliphatic carbocycles. The van der Waals surface area contributed by atoms with E-state index in [0.717, 1.165) is 18.7 Å². The number of carbonyl (C=O) groups excluding carboxylic acids is 1. The van der Waals surface area contributed by atoms with Crippen LogP contribution in [-0.4, -0.2) is 34.0 Å². The Balaban J connectivity index is 1.58. The minimum absolute atomic E-state index is 0.191. The fourth-order valence-corrected chi connectivity index (χ4v) is 2.00. The first-order chi connectivity index (χ1) is 9.72. The van der Waals surface area contributed by atoms with E-state index >= 15 is 0 Å². The number of nitrogens with one attached hydrogen (secondary N) is 2. The fraction of sp³-hybridized carbons (Fsp3) is 0.357. The molecular formula is C14H17N5O. The number of rotatable bonds is 4. The van der Waals surface area contributed by atoms with Crippen molar-refractivity contribution in [3.63, 3.8) is 0 Å². The van der Waals surface area contributed by atoms with E-state index in [2.05, 4.69) is 20.9 Å². The zero-order valence-electron chi connectivity index (χ0n) is 11.3. The van der Waals surface area contributed by atoms with Crippen molar-refractivity contribution in [2.45, 2.75) is 19.5 Å². The van der Waals surface area contributed by atoms with Crippen LogP contribution < -0.4 is 10.6 Å². The van der Waals surface area contributed by atoms with E-state index in [0.29, 0.717) is 18.3 Å². The summed E-state index contributed by atoms with van der Waals surface area (Å²) in [5.74, 6) is -0.191. The van der Waals surface area contributed by atoms with Gasteiger partial charge < -0.3 is 10.6 Å². The van der Waals surface area contributed by atoms with Crippen LogP contribution in [0.15, 0.2) is 30.5 Å². The number of amides is 1. The Bertz CT molecular complexity index is 600. The number of carbonyl (C=O) groups is 1. The molecule has 0 radical (unpaired) electrons. The highest BCUT2D eigenvalue weighted by atomic mass is 16.2. The minimum Gasteiger partial charge on any atom is -0.347 e. The molecule has 0 bridgehead atoms. The average Bonchev–Trinajstić information content (AvgIpc) is 2.85. The molecule has 1 amide bonds. The molecule has 1 aromatic heterocycles. The van der Waals surface area contributed by atoms with E-state index in [1.54, 1.807) is 10.9 Å². The van der Waals surface area contributed by atoms with Gasteiger partial charge in [0.25, 0.3) is 5.91 Å². The van der Waals surface area contributed by atoms with Crippen LogP contribution in [-0.2, 0) is 6.54 Å². The summed E-state index contributed by atoms with van der Waals surface area (Å²) >= 11 is 0. The van der Waals surface area contributed by atoms with Gasteiger partial charge in [0.1, 0.15) is 0 Å². The molecule has 3 rings (SSSR count). The summed E-state index contributed by atoms with van der Waals surface area (Å²) in [4.78, 5) is 12.0. The van der Waals surface area contributed by atoms with Gasteiger partial charge in [-0.05, 0) is 12.5 Å². The van der Waals surface area contributed by atoms with Gasteiger partial charge in [0.05, 0.1) is 12.2 Å². The van der Waals surface area contributed by atoms with Crippen LogP contribution in [0.3, 0.4) is 0 Å². The molecule has 1 fully saturated rings. The summed E-state index contributed by atoms with van der Waals surface area (Å²) in [6.45, 7) is 4.30. The van der Waals surface area contributed by atoms with Crippen LogP contribution >= 0.6 is 0 Å². The van der Waals surface area contributed by atoms with Crippen molar-refractivity contribution < 1.29 is 4.79 Å². The van der Waals surface area contributed by atoms with Crippen LogP contribution in [0.5, 0.6) is 0 Å². The van der Waals surface area contributed by atoms with Crippen LogP contribution in [0.4, 0.5) is 0 Å². The predicted molar refractivity (Wildman–Crippen MR) is 74.3 cm³/mol. The third-order valence-electron chi connectivity index (χ3n) is 3.45. The first-order valence-electron chi connectivity index (χ1n) is 6.68. The summed E-state index contributed by atoms with van der Waals surface area (Å²) in [6.07, 6.45) is 1.70. The van der Waals surface area contributed by atoms with E-state index in [1.165, 1.54) is 5.56 Å². The molecule has 6 nitrogen and oxygen atoms in total. The predicted octanol–water partition coefficient (Wildman–Crippen LogP) is 0.661. The number of benzene rings is 1. The van der Waals surface area contributed by atoms with Gasteiger partial charge in [-0.1, -0.05) is 35.0 Å². The number of nitrogens with zero attached hydrogens (tertiary/aromatic N) is 3. The summed E-state index contributed by atoms with van der Waals surface area (Å²) in [5.41, 5.74) is 2.64. The molecule has 0 atom stereocenters. The van der Waals surface area contributed by atoms with Crippen molar-refractivity contribution in [1.82, 2.24) is 25.6 Å². The van der Waals surface area contributed by atoms with E-state index < -0.39 is 0 Å². The quantitative estimate of drug-likeness (QED) is 0.857. The maximum absolute atomic E-state index is 12.0. The second-order valence-electron chi connectivity index (χ2n) is 5.06. The second kappa shape index (κ2) is 5.42. The lowest BCUT2D eigenvalue weighted by molar-refractivity contribution is 0.0946.